The van der Waals surface area contributed by atoms with Crippen LogP contribution in [0, 0.1) is 0 Å². The normalized spacial score (nSPS) is 14.0. The number of hydrogen-bond acceptors (Lipinski definition) is 2. The van der Waals surface area contributed by atoms with Gasteiger partial charge in [0, 0.05) is 18.5 Å². The molecule has 0 atom stereocenters. The average Bonchev–Trinajstić information content (AvgIpc) is 2.46. The van der Waals surface area contributed by atoms with E-state index in [4.69, 9.17) is 0 Å². The maximum Gasteiger partial charge on any atom is 0.0662 e. The van der Waals surface area contributed by atoms with Crippen LogP contribution in [0.4, 0.5) is 11.4 Å². The van der Waals surface area contributed by atoms with E-state index in [0.29, 0.717) is 0 Å². The molecule has 2 N–H and O–H groups in total. The minimum atomic E-state index is 0.981. The Morgan fingerprint density at radius 2 is 1.50 bits per heavy atom. The smallest absolute Gasteiger partial charge is 0.0662 e. The second-order valence-corrected chi connectivity index (χ2v) is 4.73. The Morgan fingerprint density at radius 1 is 0.722 bits per heavy atom. The van der Waals surface area contributed by atoms with Crippen LogP contribution in [0.25, 0.3) is 21.5 Å². The first-order valence-electron chi connectivity index (χ1n) is 6.36. The first-order chi connectivity index (χ1) is 8.93. The summed E-state index contributed by atoms with van der Waals surface area (Å²) in [6, 6.07) is 17.3. The van der Waals surface area contributed by atoms with E-state index in [2.05, 4.69) is 59.2 Å². The van der Waals surface area contributed by atoms with E-state index < -0.39 is 0 Å². The zero-order chi connectivity index (χ0) is 11.9. The fourth-order valence-corrected chi connectivity index (χ4v) is 2.81. The van der Waals surface area contributed by atoms with Gasteiger partial charge in [0.05, 0.1) is 11.4 Å². The van der Waals surface area contributed by atoms with Gasteiger partial charge in [-0.05, 0) is 22.2 Å². The maximum atomic E-state index is 3.54. The molecule has 0 bridgehead atoms. The lowest BCUT2D eigenvalue weighted by atomic mass is 9.99. The number of nitrogens with one attached hydrogen (secondary N) is 2. The molecule has 0 radical (unpaired) electrons. The van der Waals surface area contributed by atoms with Crippen LogP contribution >= 0.6 is 0 Å². The third-order valence-corrected chi connectivity index (χ3v) is 3.65. The number of hydrogen-bond donors (Lipinski definition) is 2. The molecule has 0 amide bonds. The molecule has 2 heteroatoms. The lowest BCUT2D eigenvalue weighted by molar-refractivity contribution is 1.05. The highest BCUT2D eigenvalue weighted by molar-refractivity contribution is 6.16. The molecule has 0 fully saturated rings. The Balaban J connectivity index is 2.21. The predicted octanol–water partition coefficient (Wildman–Crippen LogP) is 3.83. The predicted molar refractivity (Wildman–Crippen MR) is 78.4 cm³/mol. The van der Waals surface area contributed by atoms with Gasteiger partial charge >= 0.3 is 0 Å². The largest absolute Gasteiger partial charge is 0.382 e. The monoisotopic (exact) mass is 234 g/mol. The highest BCUT2D eigenvalue weighted by Crippen LogP contribution is 2.37. The van der Waals surface area contributed by atoms with Crippen molar-refractivity contribution in [3.63, 3.8) is 0 Å². The number of benzene rings is 3. The molecule has 18 heavy (non-hydrogen) atoms. The number of anilines is 2. The molecule has 0 unspecified atom stereocenters. The zero-order valence-electron chi connectivity index (χ0n) is 10.0. The van der Waals surface area contributed by atoms with Gasteiger partial charge in [-0.1, -0.05) is 42.5 Å². The van der Waals surface area contributed by atoms with Gasteiger partial charge in [0.15, 0.2) is 0 Å². The topological polar surface area (TPSA) is 24.1 Å². The third kappa shape index (κ3) is 1.29. The Labute approximate surface area is 106 Å². The van der Waals surface area contributed by atoms with Crippen molar-refractivity contribution in [3.05, 3.63) is 48.5 Å². The molecule has 2 nitrogen and oxygen atoms in total. The van der Waals surface area contributed by atoms with E-state index in [1.807, 2.05) is 0 Å². The van der Waals surface area contributed by atoms with Crippen LogP contribution < -0.4 is 10.6 Å². The molecule has 4 rings (SSSR count). The summed E-state index contributed by atoms with van der Waals surface area (Å²) in [4.78, 5) is 0. The highest BCUT2D eigenvalue weighted by atomic mass is 15.0. The SMILES string of the molecule is c1ccc2c(c1)ccc1ccc3c(c12)NCCN3. The van der Waals surface area contributed by atoms with E-state index in [-0.39, 0.29) is 0 Å². The van der Waals surface area contributed by atoms with E-state index in [0.717, 1.165) is 13.1 Å². The van der Waals surface area contributed by atoms with Crippen LogP contribution in [-0.4, -0.2) is 13.1 Å². The summed E-state index contributed by atoms with van der Waals surface area (Å²) in [5.74, 6) is 0. The Morgan fingerprint density at radius 3 is 2.50 bits per heavy atom. The van der Waals surface area contributed by atoms with Crippen molar-refractivity contribution < 1.29 is 0 Å². The summed E-state index contributed by atoms with van der Waals surface area (Å²) < 4.78 is 0. The van der Waals surface area contributed by atoms with Crippen LogP contribution in [0.2, 0.25) is 0 Å². The minimum absolute atomic E-state index is 0.981. The van der Waals surface area contributed by atoms with Crippen molar-refractivity contribution in [1.29, 1.82) is 0 Å². The zero-order valence-corrected chi connectivity index (χ0v) is 10.0. The van der Waals surface area contributed by atoms with Gasteiger partial charge in [0.25, 0.3) is 0 Å². The Kier molecular flexibility index (Phi) is 1.97. The molecule has 88 valence electrons. The molecule has 0 aromatic heterocycles. The quantitative estimate of drug-likeness (QED) is 0.578. The van der Waals surface area contributed by atoms with Crippen LogP contribution in [0.3, 0.4) is 0 Å². The van der Waals surface area contributed by atoms with Gasteiger partial charge < -0.3 is 10.6 Å². The second-order valence-electron chi connectivity index (χ2n) is 4.73. The third-order valence-electron chi connectivity index (χ3n) is 3.65. The van der Waals surface area contributed by atoms with Crippen molar-refractivity contribution >= 4 is 32.9 Å². The molecule has 0 saturated heterocycles. The molecule has 3 aromatic rings. The highest BCUT2D eigenvalue weighted by Gasteiger charge is 2.12. The summed E-state index contributed by atoms with van der Waals surface area (Å²) >= 11 is 0. The molecule has 0 aliphatic carbocycles. The molecule has 1 heterocycles. The van der Waals surface area contributed by atoms with Gasteiger partial charge in [-0.15, -0.1) is 0 Å². The van der Waals surface area contributed by atoms with Crippen molar-refractivity contribution in [1.82, 2.24) is 0 Å². The summed E-state index contributed by atoms with van der Waals surface area (Å²) in [7, 11) is 0. The van der Waals surface area contributed by atoms with Crippen molar-refractivity contribution in [2.75, 3.05) is 23.7 Å². The van der Waals surface area contributed by atoms with Gasteiger partial charge in [-0.3, -0.25) is 0 Å². The lowest BCUT2D eigenvalue weighted by Gasteiger charge is -2.22. The fourth-order valence-electron chi connectivity index (χ4n) is 2.81. The molecule has 1 aliphatic heterocycles. The molecule has 3 aromatic carbocycles. The first kappa shape index (κ1) is 9.77. The second kappa shape index (κ2) is 3.64. The van der Waals surface area contributed by atoms with E-state index in [1.54, 1.807) is 0 Å². The Bertz CT molecular complexity index is 747. The molecular weight excluding hydrogens is 220 g/mol. The average molecular weight is 234 g/mol. The van der Waals surface area contributed by atoms with Crippen LogP contribution in [0.5, 0.6) is 0 Å². The summed E-state index contributed by atoms with van der Waals surface area (Å²) in [6.07, 6.45) is 0. The molecule has 0 saturated carbocycles. The number of rotatable bonds is 0. The molecular formula is C16H14N2. The number of fused-ring (bicyclic) bond motifs is 5. The fraction of sp³-hybridized carbons (Fsp3) is 0.125. The van der Waals surface area contributed by atoms with Crippen molar-refractivity contribution in [2.24, 2.45) is 0 Å². The summed E-state index contributed by atoms with van der Waals surface area (Å²) in [5, 5.41) is 12.2. The van der Waals surface area contributed by atoms with E-state index in [9.17, 15) is 0 Å². The summed E-state index contributed by atoms with van der Waals surface area (Å²) in [6.45, 7) is 1.97. The molecule has 1 aliphatic rings. The van der Waals surface area contributed by atoms with E-state index >= 15 is 0 Å². The summed E-state index contributed by atoms with van der Waals surface area (Å²) in [5.41, 5.74) is 2.46. The van der Waals surface area contributed by atoms with Gasteiger partial charge in [-0.2, -0.15) is 0 Å². The maximum absolute atomic E-state index is 3.54. The van der Waals surface area contributed by atoms with Crippen LogP contribution in [0.15, 0.2) is 48.5 Å². The van der Waals surface area contributed by atoms with Crippen molar-refractivity contribution in [2.45, 2.75) is 0 Å². The van der Waals surface area contributed by atoms with Crippen LogP contribution in [0.1, 0.15) is 0 Å². The van der Waals surface area contributed by atoms with E-state index in [1.165, 1.54) is 32.9 Å². The minimum Gasteiger partial charge on any atom is -0.382 e. The molecule has 0 spiro atoms. The van der Waals surface area contributed by atoms with Crippen LogP contribution in [-0.2, 0) is 0 Å². The Hall–Kier alpha value is -2.22. The van der Waals surface area contributed by atoms with Crippen molar-refractivity contribution in [3.8, 4) is 0 Å². The first-order valence-corrected chi connectivity index (χ1v) is 6.36. The lowest BCUT2D eigenvalue weighted by Crippen LogP contribution is -2.20. The van der Waals surface area contributed by atoms with Gasteiger partial charge in [0.2, 0.25) is 0 Å². The van der Waals surface area contributed by atoms with Gasteiger partial charge in [-0.25, -0.2) is 0 Å². The standard InChI is InChI=1S/C16H14N2/c1-2-4-13-11(3-1)5-6-12-7-8-14-16(15(12)13)18-10-9-17-14/h1-8,17-18H,9-10H2. The van der Waals surface area contributed by atoms with Gasteiger partial charge in [0.1, 0.15) is 0 Å².